The Morgan fingerprint density at radius 1 is 1.41 bits per heavy atom. The minimum Gasteiger partial charge on any atom is -0.314 e. The molecule has 0 aliphatic rings. The van der Waals surface area contributed by atoms with E-state index in [1.807, 2.05) is 18.5 Å². The normalized spacial score (nSPS) is 12.3. The van der Waals surface area contributed by atoms with E-state index < -0.39 is 0 Å². The van der Waals surface area contributed by atoms with Crippen molar-refractivity contribution in [2.24, 2.45) is 0 Å². The molecular weight excluding hydrogens is 208 g/mol. The Hall–Kier alpha value is -1.15. The van der Waals surface area contributed by atoms with Gasteiger partial charge in [-0.25, -0.2) is 0 Å². The van der Waals surface area contributed by atoms with Crippen LogP contribution in [-0.4, -0.2) is 17.6 Å². The molecule has 17 heavy (non-hydrogen) atoms. The molecule has 0 amide bonds. The van der Waals surface area contributed by atoms with Crippen LogP contribution in [0.4, 0.5) is 0 Å². The Kier molecular flexibility index (Phi) is 7.32. The molecule has 94 valence electrons. The van der Waals surface area contributed by atoms with Gasteiger partial charge in [-0.3, -0.25) is 4.98 Å². The number of unbranched alkanes of at least 4 members (excludes halogenated alkanes) is 1. The van der Waals surface area contributed by atoms with Crippen LogP contribution in [0.1, 0.15) is 38.2 Å². The lowest BCUT2D eigenvalue weighted by Gasteiger charge is -2.18. The van der Waals surface area contributed by atoms with Gasteiger partial charge in [-0.1, -0.05) is 13.0 Å². The molecule has 0 radical (unpaired) electrons. The highest BCUT2D eigenvalue weighted by atomic mass is 14.9. The summed E-state index contributed by atoms with van der Waals surface area (Å²) in [6.45, 7) is 7.08. The third-order valence-electron chi connectivity index (χ3n) is 2.88. The van der Waals surface area contributed by atoms with Crippen molar-refractivity contribution in [1.29, 1.82) is 0 Å². The average molecular weight is 232 g/mol. The molecule has 1 atom stereocenters. The lowest BCUT2D eigenvalue weighted by molar-refractivity contribution is 0.466. The summed E-state index contributed by atoms with van der Waals surface area (Å²) >= 11 is 0. The Morgan fingerprint density at radius 3 is 2.82 bits per heavy atom. The van der Waals surface area contributed by atoms with E-state index in [0.29, 0.717) is 6.04 Å². The first kappa shape index (κ1) is 13.9. The van der Waals surface area contributed by atoms with Gasteiger partial charge in [0.15, 0.2) is 0 Å². The predicted molar refractivity (Wildman–Crippen MR) is 74.1 cm³/mol. The number of nitrogens with one attached hydrogen (secondary N) is 1. The molecule has 0 bridgehead atoms. The van der Waals surface area contributed by atoms with Gasteiger partial charge < -0.3 is 5.32 Å². The van der Waals surface area contributed by atoms with Crippen molar-refractivity contribution < 1.29 is 0 Å². The summed E-state index contributed by atoms with van der Waals surface area (Å²) in [5.41, 5.74) is 1.37. The Labute approximate surface area is 105 Å². The number of nitrogens with zero attached hydrogens (tertiary/aromatic N) is 1. The second kappa shape index (κ2) is 8.94. The van der Waals surface area contributed by atoms with Gasteiger partial charge in [0.05, 0.1) is 0 Å². The molecule has 1 unspecified atom stereocenters. The van der Waals surface area contributed by atoms with Crippen LogP contribution in [0.15, 0.2) is 37.2 Å². The van der Waals surface area contributed by atoms with E-state index in [-0.39, 0.29) is 0 Å². The largest absolute Gasteiger partial charge is 0.314 e. The maximum Gasteiger partial charge on any atom is 0.0270 e. The van der Waals surface area contributed by atoms with Crippen molar-refractivity contribution in [3.8, 4) is 0 Å². The number of aromatic nitrogens is 1. The number of rotatable bonds is 9. The minimum absolute atomic E-state index is 0.581. The molecule has 0 spiro atoms. The van der Waals surface area contributed by atoms with Crippen LogP contribution < -0.4 is 5.32 Å². The van der Waals surface area contributed by atoms with Gasteiger partial charge in [-0.15, -0.1) is 6.58 Å². The van der Waals surface area contributed by atoms with Crippen molar-refractivity contribution in [3.05, 3.63) is 42.7 Å². The van der Waals surface area contributed by atoms with E-state index in [9.17, 15) is 0 Å². The van der Waals surface area contributed by atoms with Crippen LogP contribution in [-0.2, 0) is 6.42 Å². The molecule has 0 aliphatic carbocycles. The molecule has 0 fully saturated rings. The fraction of sp³-hybridized carbons (Fsp3) is 0.533. The van der Waals surface area contributed by atoms with Gasteiger partial charge in [0.25, 0.3) is 0 Å². The molecule has 1 rings (SSSR count). The summed E-state index contributed by atoms with van der Waals surface area (Å²) in [5, 5.41) is 3.62. The van der Waals surface area contributed by atoms with Crippen molar-refractivity contribution in [2.45, 2.75) is 45.1 Å². The molecule has 1 heterocycles. The molecule has 1 aromatic rings. The van der Waals surface area contributed by atoms with Crippen LogP contribution in [0, 0.1) is 0 Å². The van der Waals surface area contributed by atoms with Crippen LogP contribution in [0.3, 0.4) is 0 Å². The zero-order valence-electron chi connectivity index (χ0n) is 10.9. The maximum absolute atomic E-state index is 4.06. The summed E-state index contributed by atoms with van der Waals surface area (Å²) < 4.78 is 0. The molecule has 1 aromatic heterocycles. The van der Waals surface area contributed by atoms with E-state index in [1.165, 1.54) is 24.8 Å². The second-order valence-corrected chi connectivity index (χ2v) is 4.43. The first-order chi connectivity index (χ1) is 8.36. The van der Waals surface area contributed by atoms with Gasteiger partial charge in [-0.2, -0.15) is 0 Å². The zero-order chi connectivity index (χ0) is 12.3. The van der Waals surface area contributed by atoms with Crippen molar-refractivity contribution in [3.63, 3.8) is 0 Å². The molecule has 1 N–H and O–H groups in total. The molecule has 0 saturated heterocycles. The van der Waals surface area contributed by atoms with E-state index in [4.69, 9.17) is 0 Å². The molecule has 0 aromatic carbocycles. The summed E-state index contributed by atoms with van der Waals surface area (Å²) in [5.74, 6) is 0. The zero-order valence-corrected chi connectivity index (χ0v) is 10.9. The highest BCUT2D eigenvalue weighted by Crippen LogP contribution is 2.08. The Morgan fingerprint density at radius 2 is 2.18 bits per heavy atom. The van der Waals surface area contributed by atoms with Crippen LogP contribution in [0.5, 0.6) is 0 Å². The smallest absolute Gasteiger partial charge is 0.0270 e. The van der Waals surface area contributed by atoms with Crippen molar-refractivity contribution in [2.75, 3.05) is 6.54 Å². The standard InChI is InChI=1S/C15H24N2/c1-3-5-6-7-15(17-10-4-2)13-14-8-11-16-12-9-14/h3,8-9,11-12,15,17H,1,4-7,10,13H2,2H3. The van der Waals surface area contributed by atoms with Crippen LogP contribution in [0.25, 0.3) is 0 Å². The molecule has 0 aliphatic heterocycles. The molecular formula is C15H24N2. The highest BCUT2D eigenvalue weighted by molar-refractivity contribution is 5.11. The summed E-state index contributed by atoms with van der Waals surface area (Å²) in [7, 11) is 0. The van der Waals surface area contributed by atoms with Crippen LogP contribution >= 0.6 is 0 Å². The topological polar surface area (TPSA) is 24.9 Å². The first-order valence-electron chi connectivity index (χ1n) is 6.60. The SMILES string of the molecule is C=CCCCC(Cc1ccncc1)NCCC. The van der Waals surface area contributed by atoms with E-state index in [0.717, 1.165) is 19.4 Å². The summed E-state index contributed by atoms with van der Waals surface area (Å²) in [6, 6.07) is 4.79. The first-order valence-corrected chi connectivity index (χ1v) is 6.60. The van der Waals surface area contributed by atoms with E-state index >= 15 is 0 Å². The van der Waals surface area contributed by atoms with Gasteiger partial charge in [0, 0.05) is 18.4 Å². The van der Waals surface area contributed by atoms with E-state index in [2.05, 4.69) is 35.9 Å². The Balaban J connectivity index is 2.41. The quantitative estimate of drug-likeness (QED) is 0.522. The summed E-state index contributed by atoms with van der Waals surface area (Å²) in [4.78, 5) is 4.06. The van der Waals surface area contributed by atoms with Crippen molar-refractivity contribution in [1.82, 2.24) is 10.3 Å². The molecule has 0 saturated carbocycles. The third-order valence-corrected chi connectivity index (χ3v) is 2.88. The fourth-order valence-electron chi connectivity index (χ4n) is 1.94. The lowest BCUT2D eigenvalue weighted by Crippen LogP contribution is -2.31. The van der Waals surface area contributed by atoms with Gasteiger partial charge in [0.1, 0.15) is 0 Å². The number of hydrogen-bond donors (Lipinski definition) is 1. The number of pyridine rings is 1. The lowest BCUT2D eigenvalue weighted by atomic mass is 10.0. The molecule has 2 heteroatoms. The monoisotopic (exact) mass is 232 g/mol. The predicted octanol–water partition coefficient (Wildman–Crippen LogP) is 3.35. The average Bonchev–Trinajstić information content (AvgIpc) is 2.37. The third kappa shape index (κ3) is 6.22. The van der Waals surface area contributed by atoms with Gasteiger partial charge >= 0.3 is 0 Å². The minimum atomic E-state index is 0.581. The number of hydrogen-bond acceptors (Lipinski definition) is 2. The maximum atomic E-state index is 4.06. The van der Waals surface area contributed by atoms with E-state index in [1.54, 1.807) is 0 Å². The van der Waals surface area contributed by atoms with Crippen molar-refractivity contribution >= 4 is 0 Å². The molecule has 2 nitrogen and oxygen atoms in total. The fourth-order valence-corrected chi connectivity index (χ4v) is 1.94. The second-order valence-electron chi connectivity index (χ2n) is 4.43. The highest BCUT2D eigenvalue weighted by Gasteiger charge is 2.07. The number of allylic oxidation sites excluding steroid dienone is 1. The van der Waals surface area contributed by atoms with Gasteiger partial charge in [0.2, 0.25) is 0 Å². The Bertz CT molecular complexity index is 295. The van der Waals surface area contributed by atoms with Crippen LogP contribution in [0.2, 0.25) is 0 Å². The van der Waals surface area contributed by atoms with Gasteiger partial charge in [-0.05, 0) is 56.3 Å². The summed E-state index contributed by atoms with van der Waals surface area (Å²) in [6.07, 6.45) is 11.6.